The zero-order valence-corrected chi connectivity index (χ0v) is 11.4. The Morgan fingerprint density at radius 1 is 1.32 bits per heavy atom. The van der Waals surface area contributed by atoms with Crippen LogP contribution in [0.15, 0.2) is 24.3 Å². The standard InChI is InChI=1S/C13H14N4OS/c1-18-7-6-15-9-12-16-17-13(19-12)11-4-2-10(8-14)3-5-11/h2-5,15H,6-7,9H2,1H3. The first-order chi connectivity index (χ1) is 9.33. The lowest BCUT2D eigenvalue weighted by Gasteiger charge is -1.99. The predicted octanol–water partition coefficient (Wildman–Crippen LogP) is 1.81. The predicted molar refractivity (Wildman–Crippen MR) is 73.6 cm³/mol. The summed E-state index contributed by atoms with van der Waals surface area (Å²) in [6.07, 6.45) is 0. The number of hydrogen-bond acceptors (Lipinski definition) is 6. The molecule has 1 heterocycles. The quantitative estimate of drug-likeness (QED) is 0.813. The fourth-order valence-electron chi connectivity index (χ4n) is 1.50. The highest BCUT2D eigenvalue weighted by molar-refractivity contribution is 7.14. The number of benzene rings is 1. The van der Waals surface area contributed by atoms with Crippen molar-refractivity contribution in [3.05, 3.63) is 34.8 Å². The van der Waals surface area contributed by atoms with Crippen molar-refractivity contribution in [1.82, 2.24) is 15.5 Å². The van der Waals surface area contributed by atoms with E-state index >= 15 is 0 Å². The van der Waals surface area contributed by atoms with Crippen LogP contribution in [0.2, 0.25) is 0 Å². The maximum absolute atomic E-state index is 8.75. The van der Waals surface area contributed by atoms with E-state index in [0.29, 0.717) is 18.7 Å². The van der Waals surface area contributed by atoms with Crippen LogP contribution in [0.1, 0.15) is 10.6 Å². The number of rotatable bonds is 6. The van der Waals surface area contributed by atoms with Crippen LogP contribution < -0.4 is 5.32 Å². The highest BCUT2D eigenvalue weighted by Gasteiger charge is 2.06. The molecule has 0 saturated heterocycles. The van der Waals surface area contributed by atoms with Gasteiger partial charge in [0.1, 0.15) is 10.0 Å². The highest BCUT2D eigenvalue weighted by atomic mass is 32.1. The number of ether oxygens (including phenoxy) is 1. The number of nitriles is 1. The minimum Gasteiger partial charge on any atom is -0.383 e. The van der Waals surface area contributed by atoms with Crippen LogP contribution in [0.25, 0.3) is 10.6 Å². The van der Waals surface area contributed by atoms with Gasteiger partial charge in [-0.05, 0) is 12.1 Å². The molecule has 0 saturated carbocycles. The van der Waals surface area contributed by atoms with Gasteiger partial charge in [-0.2, -0.15) is 5.26 Å². The topological polar surface area (TPSA) is 70.8 Å². The van der Waals surface area contributed by atoms with Crippen molar-refractivity contribution >= 4 is 11.3 Å². The van der Waals surface area contributed by atoms with E-state index < -0.39 is 0 Å². The van der Waals surface area contributed by atoms with Gasteiger partial charge in [-0.25, -0.2) is 0 Å². The second kappa shape index (κ2) is 6.95. The number of nitrogens with zero attached hydrogens (tertiary/aromatic N) is 3. The smallest absolute Gasteiger partial charge is 0.147 e. The summed E-state index contributed by atoms with van der Waals surface area (Å²) in [5, 5.41) is 22.1. The van der Waals surface area contributed by atoms with Crippen molar-refractivity contribution in [3.63, 3.8) is 0 Å². The average Bonchev–Trinajstić information content (AvgIpc) is 2.92. The molecule has 6 heteroatoms. The van der Waals surface area contributed by atoms with Crippen LogP contribution in [0.4, 0.5) is 0 Å². The molecular formula is C13H14N4OS. The summed E-state index contributed by atoms with van der Waals surface area (Å²) >= 11 is 1.55. The second-order valence-electron chi connectivity index (χ2n) is 3.86. The Kier molecular flexibility index (Phi) is 4.98. The average molecular weight is 274 g/mol. The normalized spacial score (nSPS) is 10.3. The molecule has 1 aromatic carbocycles. The monoisotopic (exact) mass is 274 g/mol. The van der Waals surface area contributed by atoms with Gasteiger partial charge in [-0.3, -0.25) is 0 Å². The Labute approximate surface area is 115 Å². The molecule has 2 aromatic rings. The SMILES string of the molecule is COCCNCc1nnc(-c2ccc(C#N)cc2)s1. The van der Waals surface area contributed by atoms with Crippen LogP contribution in [0.5, 0.6) is 0 Å². The van der Waals surface area contributed by atoms with E-state index in [1.54, 1.807) is 30.6 Å². The highest BCUT2D eigenvalue weighted by Crippen LogP contribution is 2.23. The van der Waals surface area contributed by atoms with Crippen molar-refractivity contribution in [2.24, 2.45) is 0 Å². The lowest BCUT2D eigenvalue weighted by atomic mass is 10.2. The maximum Gasteiger partial charge on any atom is 0.147 e. The third kappa shape index (κ3) is 3.83. The van der Waals surface area contributed by atoms with Gasteiger partial charge in [-0.15, -0.1) is 10.2 Å². The Hall–Kier alpha value is -1.81. The van der Waals surface area contributed by atoms with E-state index in [4.69, 9.17) is 10.00 Å². The molecule has 0 fully saturated rings. The summed E-state index contributed by atoms with van der Waals surface area (Å²) in [5.41, 5.74) is 1.63. The molecule has 0 bridgehead atoms. The van der Waals surface area contributed by atoms with Crippen molar-refractivity contribution in [2.45, 2.75) is 6.54 Å². The summed E-state index contributed by atoms with van der Waals surface area (Å²) in [7, 11) is 1.68. The van der Waals surface area contributed by atoms with Crippen LogP contribution in [-0.4, -0.2) is 30.5 Å². The minimum absolute atomic E-state index is 0.648. The van der Waals surface area contributed by atoms with Crippen molar-refractivity contribution < 1.29 is 4.74 Å². The van der Waals surface area contributed by atoms with E-state index in [1.165, 1.54) is 0 Å². The zero-order chi connectivity index (χ0) is 13.5. The van der Waals surface area contributed by atoms with Crippen LogP contribution in [0, 0.1) is 11.3 Å². The lowest BCUT2D eigenvalue weighted by molar-refractivity contribution is 0.199. The minimum atomic E-state index is 0.648. The second-order valence-corrected chi connectivity index (χ2v) is 4.92. The Morgan fingerprint density at radius 2 is 2.11 bits per heavy atom. The molecule has 1 N–H and O–H groups in total. The summed E-state index contributed by atoms with van der Waals surface area (Å²) in [6, 6.07) is 9.45. The van der Waals surface area contributed by atoms with Gasteiger partial charge in [-0.1, -0.05) is 23.5 Å². The maximum atomic E-state index is 8.75. The van der Waals surface area contributed by atoms with Crippen molar-refractivity contribution in [3.8, 4) is 16.6 Å². The summed E-state index contributed by atoms with van der Waals surface area (Å²) in [6.45, 7) is 2.17. The van der Waals surface area contributed by atoms with Gasteiger partial charge in [0.15, 0.2) is 0 Å². The summed E-state index contributed by atoms with van der Waals surface area (Å²) in [5.74, 6) is 0. The lowest BCUT2D eigenvalue weighted by Crippen LogP contribution is -2.18. The third-order valence-corrected chi connectivity index (χ3v) is 3.46. The van der Waals surface area contributed by atoms with E-state index in [0.717, 1.165) is 22.1 Å². The molecule has 0 unspecified atom stereocenters. The molecule has 0 aliphatic rings. The number of nitrogens with one attached hydrogen (secondary N) is 1. The zero-order valence-electron chi connectivity index (χ0n) is 10.6. The fourth-order valence-corrected chi connectivity index (χ4v) is 2.31. The Balaban J connectivity index is 1.98. The van der Waals surface area contributed by atoms with E-state index in [-0.39, 0.29) is 0 Å². The molecule has 0 amide bonds. The summed E-state index contributed by atoms with van der Waals surface area (Å²) < 4.78 is 4.95. The van der Waals surface area contributed by atoms with Crippen LogP contribution in [-0.2, 0) is 11.3 Å². The van der Waals surface area contributed by atoms with Crippen LogP contribution in [0.3, 0.4) is 0 Å². The van der Waals surface area contributed by atoms with Gasteiger partial charge >= 0.3 is 0 Å². The molecule has 98 valence electrons. The van der Waals surface area contributed by atoms with E-state index in [2.05, 4.69) is 21.6 Å². The van der Waals surface area contributed by atoms with Gasteiger partial charge in [0, 0.05) is 25.8 Å². The molecule has 1 aromatic heterocycles. The molecule has 0 atom stereocenters. The van der Waals surface area contributed by atoms with E-state index in [9.17, 15) is 0 Å². The molecule has 0 spiro atoms. The van der Waals surface area contributed by atoms with Gasteiger partial charge in [0.25, 0.3) is 0 Å². The largest absolute Gasteiger partial charge is 0.383 e. The number of methoxy groups -OCH3 is 1. The third-order valence-electron chi connectivity index (χ3n) is 2.49. The molecule has 0 aliphatic heterocycles. The first-order valence-corrected chi connectivity index (χ1v) is 6.67. The fraction of sp³-hybridized carbons (Fsp3) is 0.308. The first-order valence-electron chi connectivity index (χ1n) is 5.86. The molecule has 19 heavy (non-hydrogen) atoms. The molecule has 0 aliphatic carbocycles. The van der Waals surface area contributed by atoms with Gasteiger partial charge < -0.3 is 10.1 Å². The molecular weight excluding hydrogens is 260 g/mol. The Bertz CT molecular complexity index is 559. The Morgan fingerprint density at radius 3 is 2.79 bits per heavy atom. The number of aromatic nitrogens is 2. The first kappa shape index (κ1) is 13.6. The number of hydrogen-bond donors (Lipinski definition) is 1. The summed E-state index contributed by atoms with van der Waals surface area (Å²) in [4.78, 5) is 0. The van der Waals surface area contributed by atoms with Crippen LogP contribution >= 0.6 is 11.3 Å². The van der Waals surface area contributed by atoms with Gasteiger partial charge in [0.2, 0.25) is 0 Å². The van der Waals surface area contributed by atoms with Crippen molar-refractivity contribution in [1.29, 1.82) is 5.26 Å². The van der Waals surface area contributed by atoms with Crippen molar-refractivity contribution in [2.75, 3.05) is 20.3 Å². The molecule has 2 rings (SSSR count). The van der Waals surface area contributed by atoms with E-state index in [1.807, 2.05) is 12.1 Å². The van der Waals surface area contributed by atoms with Gasteiger partial charge in [0.05, 0.1) is 18.2 Å². The molecule has 5 nitrogen and oxygen atoms in total. The molecule has 0 radical (unpaired) electrons.